The topological polar surface area (TPSA) is 29.1 Å². The number of hydrogen-bond donors (Lipinski definition) is 1. The zero-order chi connectivity index (χ0) is 15.4. The summed E-state index contributed by atoms with van der Waals surface area (Å²) in [4.78, 5) is 12.0. The fourth-order valence-electron chi connectivity index (χ4n) is 1.67. The van der Waals surface area contributed by atoms with Crippen LogP contribution in [0.5, 0.6) is 0 Å². The van der Waals surface area contributed by atoms with Gasteiger partial charge in [-0.15, -0.1) is 0 Å². The highest BCUT2D eigenvalue weighted by Gasteiger charge is 2.07. The smallest absolute Gasteiger partial charge is 0.188 e. The average Bonchev–Trinajstić information content (AvgIpc) is 2.45. The van der Waals surface area contributed by atoms with Gasteiger partial charge in [0, 0.05) is 33.6 Å². The summed E-state index contributed by atoms with van der Waals surface area (Å²) in [5.74, 6) is -0.229. The minimum atomic E-state index is -0.229. The molecule has 0 saturated carbocycles. The SMILES string of the molecule is Cc1ccc(N/C=C\C(=O)c2cc(Cl)ccc2Cl)cc1Cl. The molecule has 5 heteroatoms. The van der Waals surface area contributed by atoms with Gasteiger partial charge >= 0.3 is 0 Å². The Labute approximate surface area is 138 Å². The van der Waals surface area contributed by atoms with Gasteiger partial charge in [-0.2, -0.15) is 0 Å². The molecule has 0 amide bonds. The van der Waals surface area contributed by atoms with E-state index in [1.165, 1.54) is 6.08 Å². The molecule has 108 valence electrons. The molecule has 0 aliphatic heterocycles. The van der Waals surface area contributed by atoms with Crippen molar-refractivity contribution in [1.82, 2.24) is 0 Å². The molecule has 0 fully saturated rings. The van der Waals surface area contributed by atoms with Crippen LogP contribution in [0.2, 0.25) is 15.1 Å². The number of ketones is 1. The van der Waals surface area contributed by atoms with Crippen molar-refractivity contribution >= 4 is 46.3 Å². The van der Waals surface area contributed by atoms with E-state index in [0.717, 1.165) is 11.3 Å². The summed E-state index contributed by atoms with van der Waals surface area (Å²) < 4.78 is 0. The van der Waals surface area contributed by atoms with Gasteiger partial charge in [-0.25, -0.2) is 0 Å². The van der Waals surface area contributed by atoms with Crippen LogP contribution >= 0.6 is 34.8 Å². The normalized spacial score (nSPS) is 10.9. The fraction of sp³-hybridized carbons (Fsp3) is 0.0625. The van der Waals surface area contributed by atoms with E-state index in [1.807, 2.05) is 19.1 Å². The number of carbonyl (C=O) groups excluding carboxylic acids is 1. The Kier molecular flexibility index (Phi) is 5.29. The second-order valence-electron chi connectivity index (χ2n) is 4.43. The van der Waals surface area contributed by atoms with Crippen LogP contribution in [0.4, 0.5) is 5.69 Å². The van der Waals surface area contributed by atoms with Crippen molar-refractivity contribution in [3.8, 4) is 0 Å². The van der Waals surface area contributed by atoms with E-state index in [-0.39, 0.29) is 5.78 Å². The summed E-state index contributed by atoms with van der Waals surface area (Å²) >= 11 is 17.9. The standard InChI is InChI=1S/C16H12Cl3NO/c1-10-2-4-12(9-15(10)19)20-7-6-16(21)13-8-11(17)3-5-14(13)18/h2-9,20H,1H3/b7-6-. The van der Waals surface area contributed by atoms with Gasteiger partial charge in [-0.05, 0) is 42.8 Å². The summed E-state index contributed by atoms with van der Waals surface area (Å²) in [6.07, 6.45) is 2.94. The van der Waals surface area contributed by atoms with Gasteiger partial charge < -0.3 is 5.32 Å². The molecule has 0 aromatic heterocycles. The number of carbonyl (C=O) groups is 1. The van der Waals surface area contributed by atoms with Crippen LogP contribution in [0.15, 0.2) is 48.7 Å². The quantitative estimate of drug-likeness (QED) is 0.566. The zero-order valence-electron chi connectivity index (χ0n) is 11.2. The number of anilines is 1. The second-order valence-corrected chi connectivity index (χ2v) is 5.68. The van der Waals surface area contributed by atoms with Crippen molar-refractivity contribution in [1.29, 1.82) is 0 Å². The molecule has 2 aromatic rings. The van der Waals surface area contributed by atoms with Crippen molar-refractivity contribution in [2.45, 2.75) is 6.92 Å². The first-order valence-electron chi connectivity index (χ1n) is 6.16. The van der Waals surface area contributed by atoms with Crippen LogP contribution in [0.3, 0.4) is 0 Å². The van der Waals surface area contributed by atoms with Crippen LogP contribution in [0, 0.1) is 6.92 Å². The highest BCUT2D eigenvalue weighted by atomic mass is 35.5. The molecule has 2 rings (SSSR count). The Balaban J connectivity index is 2.08. The summed E-state index contributed by atoms with van der Waals surface area (Å²) in [5.41, 5.74) is 2.16. The molecule has 0 aliphatic rings. The van der Waals surface area contributed by atoms with Gasteiger partial charge in [0.2, 0.25) is 0 Å². The van der Waals surface area contributed by atoms with E-state index >= 15 is 0 Å². The lowest BCUT2D eigenvalue weighted by molar-refractivity contribution is 0.104. The van der Waals surface area contributed by atoms with Gasteiger partial charge in [0.25, 0.3) is 0 Å². The monoisotopic (exact) mass is 339 g/mol. The molecule has 0 heterocycles. The number of aryl methyl sites for hydroxylation is 1. The maximum absolute atomic E-state index is 12.0. The van der Waals surface area contributed by atoms with Gasteiger partial charge in [0.15, 0.2) is 5.78 Å². The van der Waals surface area contributed by atoms with Crippen molar-refractivity contribution in [2.75, 3.05) is 5.32 Å². The number of benzene rings is 2. The predicted molar refractivity (Wildman–Crippen MR) is 89.7 cm³/mol. The molecule has 0 bridgehead atoms. The number of allylic oxidation sites excluding steroid dienone is 1. The van der Waals surface area contributed by atoms with E-state index in [0.29, 0.717) is 20.6 Å². The molecule has 0 spiro atoms. The number of nitrogens with one attached hydrogen (secondary N) is 1. The Morgan fingerprint density at radius 1 is 1.05 bits per heavy atom. The van der Waals surface area contributed by atoms with E-state index in [1.54, 1.807) is 30.5 Å². The summed E-state index contributed by atoms with van der Waals surface area (Å²) in [7, 11) is 0. The molecule has 0 unspecified atom stereocenters. The van der Waals surface area contributed by atoms with Crippen LogP contribution in [0.1, 0.15) is 15.9 Å². The van der Waals surface area contributed by atoms with Crippen molar-refractivity contribution in [3.05, 3.63) is 74.9 Å². The molecular weight excluding hydrogens is 329 g/mol. The maximum atomic E-state index is 12.0. The molecule has 21 heavy (non-hydrogen) atoms. The fourth-order valence-corrected chi connectivity index (χ4v) is 2.24. The highest BCUT2D eigenvalue weighted by molar-refractivity contribution is 6.36. The molecule has 2 nitrogen and oxygen atoms in total. The highest BCUT2D eigenvalue weighted by Crippen LogP contribution is 2.22. The zero-order valence-corrected chi connectivity index (χ0v) is 13.4. The first-order valence-corrected chi connectivity index (χ1v) is 7.29. The molecule has 0 radical (unpaired) electrons. The summed E-state index contributed by atoms with van der Waals surface area (Å²) in [6, 6.07) is 10.3. The lowest BCUT2D eigenvalue weighted by atomic mass is 10.1. The van der Waals surface area contributed by atoms with Gasteiger partial charge in [-0.1, -0.05) is 40.9 Å². The van der Waals surface area contributed by atoms with E-state index < -0.39 is 0 Å². The number of halogens is 3. The van der Waals surface area contributed by atoms with Gasteiger partial charge in [0.05, 0.1) is 5.02 Å². The lowest BCUT2D eigenvalue weighted by Crippen LogP contribution is -1.97. The minimum absolute atomic E-state index is 0.229. The van der Waals surface area contributed by atoms with Crippen LogP contribution in [-0.4, -0.2) is 5.78 Å². The minimum Gasteiger partial charge on any atom is -0.362 e. The first-order chi connectivity index (χ1) is 9.97. The predicted octanol–water partition coefficient (Wildman–Crippen LogP) is 5.76. The van der Waals surface area contributed by atoms with Crippen LogP contribution in [0.25, 0.3) is 0 Å². The summed E-state index contributed by atoms with van der Waals surface area (Å²) in [5, 5.41) is 4.49. The van der Waals surface area contributed by atoms with Gasteiger partial charge in [0.1, 0.15) is 0 Å². The third kappa shape index (κ3) is 4.24. The van der Waals surface area contributed by atoms with E-state index in [9.17, 15) is 4.79 Å². The Hall–Kier alpha value is -1.48. The van der Waals surface area contributed by atoms with E-state index in [2.05, 4.69) is 5.32 Å². The average molecular weight is 341 g/mol. The Morgan fingerprint density at radius 3 is 2.52 bits per heavy atom. The Morgan fingerprint density at radius 2 is 1.81 bits per heavy atom. The van der Waals surface area contributed by atoms with Crippen LogP contribution in [-0.2, 0) is 0 Å². The molecule has 0 aliphatic carbocycles. The molecule has 0 saturated heterocycles. The van der Waals surface area contributed by atoms with Crippen molar-refractivity contribution < 1.29 is 4.79 Å². The summed E-state index contributed by atoms with van der Waals surface area (Å²) in [6.45, 7) is 1.92. The van der Waals surface area contributed by atoms with Crippen molar-refractivity contribution in [2.24, 2.45) is 0 Å². The largest absolute Gasteiger partial charge is 0.362 e. The number of hydrogen-bond acceptors (Lipinski definition) is 2. The number of rotatable bonds is 4. The molecular formula is C16H12Cl3NO. The molecule has 2 aromatic carbocycles. The van der Waals surface area contributed by atoms with E-state index in [4.69, 9.17) is 34.8 Å². The third-order valence-electron chi connectivity index (χ3n) is 2.85. The second kappa shape index (κ2) is 6.99. The Bertz CT molecular complexity index is 711. The third-order valence-corrected chi connectivity index (χ3v) is 3.82. The maximum Gasteiger partial charge on any atom is 0.188 e. The van der Waals surface area contributed by atoms with Crippen LogP contribution < -0.4 is 5.32 Å². The van der Waals surface area contributed by atoms with Gasteiger partial charge in [-0.3, -0.25) is 4.79 Å². The molecule has 1 N–H and O–H groups in total. The first kappa shape index (κ1) is 15.9. The lowest BCUT2D eigenvalue weighted by Gasteiger charge is -2.04. The van der Waals surface area contributed by atoms with Crippen molar-refractivity contribution in [3.63, 3.8) is 0 Å². The molecule has 0 atom stereocenters.